The molecule has 16 heavy (non-hydrogen) atoms. The van der Waals surface area contributed by atoms with Gasteiger partial charge in [0.25, 0.3) is 0 Å². The molecule has 1 aliphatic rings. The minimum Gasteiger partial charge on any atom is -0.260 e. The van der Waals surface area contributed by atoms with Gasteiger partial charge in [0.15, 0.2) is 9.84 Å². The number of sulfone groups is 1. The van der Waals surface area contributed by atoms with E-state index in [9.17, 15) is 8.42 Å². The predicted molar refractivity (Wildman–Crippen MR) is 63.1 cm³/mol. The lowest BCUT2D eigenvalue weighted by molar-refractivity contribution is 0.591. The number of pyridine rings is 1. The number of hydrogen-bond acceptors (Lipinski definition) is 3. The number of aromatic nitrogens is 1. The van der Waals surface area contributed by atoms with Gasteiger partial charge in [0.1, 0.15) is 0 Å². The SMILES string of the molecule is CC(C)c1ccc(S(=O)(=O)CC2CC2)cn1. The van der Waals surface area contributed by atoms with Crippen molar-refractivity contribution in [3.63, 3.8) is 0 Å². The molecule has 0 N–H and O–H groups in total. The summed E-state index contributed by atoms with van der Waals surface area (Å²) in [7, 11) is -3.10. The van der Waals surface area contributed by atoms with E-state index in [4.69, 9.17) is 0 Å². The van der Waals surface area contributed by atoms with Crippen LogP contribution in [0.5, 0.6) is 0 Å². The second kappa shape index (κ2) is 4.17. The van der Waals surface area contributed by atoms with E-state index in [1.165, 1.54) is 6.20 Å². The highest BCUT2D eigenvalue weighted by Gasteiger charge is 2.29. The zero-order valence-electron chi connectivity index (χ0n) is 9.68. The number of rotatable bonds is 4. The number of nitrogens with zero attached hydrogens (tertiary/aromatic N) is 1. The highest BCUT2D eigenvalue weighted by Crippen LogP contribution is 2.32. The predicted octanol–water partition coefficient (Wildman–Crippen LogP) is 2.39. The van der Waals surface area contributed by atoms with Crippen LogP contribution in [0.2, 0.25) is 0 Å². The maximum absolute atomic E-state index is 11.9. The van der Waals surface area contributed by atoms with Crippen molar-refractivity contribution in [3.05, 3.63) is 24.0 Å². The molecule has 0 amide bonds. The summed E-state index contributed by atoms with van der Waals surface area (Å²) < 4.78 is 23.8. The highest BCUT2D eigenvalue weighted by molar-refractivity contribution is 7.91. The maximum Gasteiger partial charge on any atom is 0.180 e. The van der Waals surface area contributed by atoms with Crippen LogP contribution in [0.15, 0.2) is 23.2 Å². The standard InChI is InChI=1S/C12H17NO2S/c1-9(2)12-6-5-11(7-13-12)16(14,15)8-10-3-4-10/h5-7,9-10H,3-4,8H2,1-2H3. The minimum absolute atomic E-state index is 0.287. The second-order valence-corrected chi connectivity index (χ2v) is 6.83. The van der Waals surface area contributed by atoms with Crippen molar-refractivity contribution in [1.29, 1.82) is 0 Å². The molecule has 1 saturated carbocycles. The van der Waals surface area contributed by atoms with Crippen molar-refractivity contribution in [2.45, 2.75) is 37.5 Å². The Morgan fingerprint density at radius 3 is 2.50 bits per heavy atom. The van der Waals surface area contributed by atoms with Crippen LogP contribution in [-0.2, 0) is 9.84 Å². The van der Waals surface area contributed by atoms with Crippen LogP contribution in [0, 0.1) is 5.92 Å². The molecule has 88 valence electrons. The molecule has 1 aliphatic carbocycles. The molecule has 0 aromatic carbocycles. The Morgan fingerprint density at radius 2 is 2.06 bits per heavy atom. The first-order chi connectivity index (χ1) is 7.49. The van der Waals surface area contributed by atoms with E-state index in [0.29, 0.717) is 16.7 Å². The summed E-state index contributed by atoms with van der Waals surface area (Å²) in [6, 6.07) is 3.49. The molecule has 0 spiro atoms. The van der Waals surface area contributed by atoms with Crippen molar-refractivity contribution in [2.75, 3.05) is 5.75 Å². The van der Waals surface area contributed by atoms with Gasteiger partial charge < -0.3 is 0 Å². The largest absolute Gasteiger partial charge is 0.260 e. The quantitative estimate of drug-likeness (QED) is 0.810. The molecule has 0 radical (unpaired) electrons. The Hall–Kier alpha value is -0.900. The van der Waals surface area contributed by atoms with Crippen molar-refractivity contribution in [1.82, 2.24) is 4.98 Å². The van der Waals surface area contributed by atoms with Crippen LogP contribution in [0.1, 0.15) is 38.3 Å². The summed E-state index contributed by atoms with van der Waals surface area (Å²) in [5.74, 6) is 1.00. The first-order valence-corrected chi connectivity index (χ1v) is 7.33. The fraction of sp³-hybridized carbons (Fsp3) is 0.583. The molecule has 3 nitrogen and oxygen atoms in total. The summed E-state index contributed by atoms with van der Waals surface area (Å²) in [5, 5.41) is 0. The van der Waals surface area contributed by atoms with E-state index in [1.807, 2.05) is 19.9 Å². The van der Waals surface area contributed by atoms with Crippen molar-refractivity contribution < 1.29 is 8.42 Å². The zero-order valence-corrected chi connectivity index (χ0v) is 10.5. The Bertz CT molecular complexity index is 458. The molecule has 1 aromatic rings. The van der Waals surface area contributed by atoms with E-state index in [2.05, 4.69) is 4.98 Å². The maximum atomic E-state index is 11.9. The molecule has 0 aliphatic heterocycles. The van der Waals surface area contributed by atoms with E-state index >= 15 is 0 Å². The highest BCUT2D eigenvalue weighted by atomic mass is 32.2. The average Bonchev–Trinajstić information content (AvgIpc) is 3.01. The fourth-order valence-corrected chi connectivity index (χ4v) is 3.24. The average molecular weight is 239 g/mol. The van der Waals surface area contributed by atoms with Crippen LogP contribution >= 0.6 is 0 Å². The Kier molecular flexibility index (Phi) is 3.02. The smallest absolute Gasteiger partial charge is 0.180 e. The molecule has 0 unspecified atom stereocenters. The van der Waals surface area contributed by atoms with Gasteiger partial charge in [-0.25, -0.2) is 8.42 Å². The lowest BCUT2D eigenvalue weighted by Crippen LogP contribution is -2.09. The second-order valence-electron chi connectivity index (χ2n) is 4.80. The van der Waals surface area contributed by atoms with Crippen LogP contribution in [-0.4, -0.2) is 19.2 Å². The lowest BCUT2D eigenvalue weighted by atomic mass is 10.1. The van der Waals surface area contributed by atoms with E-state index < -0.39 is 9.84 Å². The molecule has 0 atom stereocenters. The van der Waals surface area contributed by atoms with E-state index in [0.717, 1.165) is 18.5 Å². The molecular formula is C12H17NO2S. The zero-order chi connectivity index (χ0) is 11.8. The third-order valence-electron chi connectivity index (χ3n) is 2.86. The molecule has 0 bridgehead atoms. The van der Waals surface area contributed by atoms with Gasteiger partial charge in [0.05, 0.1) is 10.6 Å². The van der Waals surface area contributed by atoms with E-state index in [1.54, 1.807) is 6.07 Å². The van der Waals surface area contributed by atoms with Gasteiger partial charge in [-0.05, 0) is 36.8 Å². The van der Waals surface area contributed by atoms with Crippen LogP contribution < -0.4 is 0 Å². The summed E-state index contributed by atoms with van der Waals surface area (Å²) in [5.41, 5.74) is 0.936. The summed E-state index contributed by atoms with van der Waals surface area (Å²) >= 11 is 0. The third-order valence-corrected chi connectivity index (χ3v) is 4.73. The topological polar surface area (TPSA) is 47.0 Å². The molecule has 0 saturated heterocycles. The van der Waals surface area contributed by atoms with Gasteiger partial charge in [-0.3, -0.25) is 4.98 Å². The molecule has 4 heteroatoms. The van der Waals surface area contributed by atoms with Crippen molar-refractivity contribution in [2.24, 2.45) is 5.92 Å². The summed E-state index contributed by atoms with van der Waals surface area (Å²) in [4.78, 5) is 4.56. The van der Waals surface area contributed by atoms with Crippen LogP contribution in [0.25, 0.3) is 0 Å². The van der Waals surface area contributed by atoms with E-state index in [-0.39, 0.29) is 5.75 Å². The lowest BCUT2D eigenvalue weighted by Gasteiger charge is -2.06. The van der Waals surface area contributed by atoms with Crippen LogP contribution in [0.3, 0.4) is 0 Å². The first-order valence-electron chi connectivity index (χ1n) is 5.68. The molecule has 2 rings (SSSR count). The third kappa shape index (κ3) is 2.61. The molecular weight excluding hydrogens is 222 g/mol. The molecule has 1 aromatic heterocycles. The van der Waals surface area contributed by atoms with Crippen LogP contribution in [0.4, 0.5) is 0 Å². The van der Waals surface area contributed by atoms with Gasteiger partial charge >= 0.3 is 0 Å². The monoisotopic (exact) mass is 239 g/mol. The van der Waals surface area contributed by atoms with Crippen molar-refractivity contribution >= 4 is 9.84 Å². The Labute approximate surface area is 96.8 Å². The number of hydrogen-bond donors (Lipinski definition) is 0. The minimum atomic E-state index is -3.10. The van der Waals surface area contributed by atoms with Gasteiger partial charge in [-0.2, -0.15) is 0 Å². The van der Waals surface area contributed by atoms with Gasteiger partial charge in [-0.15, -0.1) is 0 Å². The van der Waals surface area contributed by atoms with Gasteiger partial charge in [-0.1, -0.05) is 13.8 Å². The molecule has 1 heterocycles. The normalized spacial score (nSPS) is 16.7. The van der Waals surface area contributed by atoms with Gasteiger partial charge in [0.2, 0.25) is 0 Å². The Balaban J connectivity index is 2.19. The first kappa shape index (κ1) is 11.6. The summed E-state index contributed by atoms with van der Waals surface area (Å²) in [6.45, 7) is 4.08. The summed E-state index contributed by atoms with van der Waals surface area (Å²) in [6.07, 6.45) is 3.60. The van der Waals surface area contributed by atoms with Gasteiger partial charge in [0, 0.05) is 11.9 Å². The Morgan fingerprint density at radius 1 is 1.38 bits per heavy atom. The molecule has 1 fully saturated rings. The fourth-order valence-electron chi connectivity index (χ4n) is 1.61. The van der Waals surface area contributed by atoms with Crippen molar-refractivity contribution in [3.8, 4) is 0 Å².